The second-order valence-corrected chi connectivity index (χ2v) is 8.52. The Kier molecular flexibility index (Phi) is 7.72. The minimum Gasteiger partial charge on any atom is -0.344 e. The third-order valence-corrected chi connectivity index (χ3v) is 5.82. The Balaban J connectivity index is 0.00000261. The number of nitrogens with one attached hydrogen (secondary N) is 1. The number of piperidine rings is 1. The number of likely N-dealkylation sites (tertiary alicyclic amines) is 1. The molecule has 5 heteroatoms. The maximum absolute atomic E-state index is 13.0. The molecule has 1 aromatic rings. The van der Waals surface area contributed by atoms with E-state index >= 15 is 0 Å². The minimum atomic E-state index is -0.409. The number of rotatable bonds is 6. The lowest BCUT2D eigenvalue weighted by Gasteiger charge is -2.35. The van der Waals surface area contributed by atoms with Crippen LogP contribution in [0.4, 0.5) is 0 Å². The van der Waals surface area contributed by atoms with Crippen molar-refractivity contribution in [3.8, 4) is 0 Å². The molecule has 3 rings (SSSR count). The molecule has 0 radical (unpaired) electrons. The molecule has 0 bridgehead atoms. The first-order chi connectivity index (χ1) is 12.4. The van der Waals surface area contributed by atoms with Crippen LogP contribution in [0.2, 0.25) is 5.02 Å². The fraction of sp³-hybridized carbons (Fsp3) is 0.636. The van der Waals surface area contributed by atoms with Crippen LogP contribution in [0.15, 0.2) is 24.3 Å². The average molecular weight is 393 g/mol. The van der Waals surface area contributed by atoms with Gasteiger partial charge in [-0.05, 0) is 61.1 Å². The number of carbonyl (C=O) groups excluding carboxylic acids is 2. The fourth-order valence-electron chi connectivity index (χ4n) is 3.69. The monoisotopic (exact) mass is 392 g/mol. The Labute approximate surface area is 168 Å². The van der Waals surface area contributed by atoms with Crippen LogP contribution >= 0.6 is 11.6 Å². The summed E-state index contributed by atoms with van der Waals surface area (Å²) in [4.78, 5) is 27.1. The second-order valence-electron chi connectivity index (χ2n) is 8.09. The lowest BCUT2D eigenvalue weighted by molar-refractivity contribution is -0.138. The number of benzene rings is 1. The van der Waals surface area contributed by atoms with Gasteiger partial charge in [0.2, 0.25) is 11.8 Å². The van der Waals surface area contributed by atoms with Crippen molar-refractivity contribution in [3.05, 3.63) is 34.9 Å². The molecule has 1 atom stereocenters. The maximum Gasteiger partial charge on any atom is 0.245 e. The topological polar surface area (TPSA) is 49.4 Å². The first-order valence-electron chi connectivity index (χ1n) is 9.77. The van der Waals surface area contributed by atoms with Crippen molar-refractivity contribution in [2.24, 2.45) is 11.8 Å². The van der Waals surface area contributed by atoms with Gasteiger partial charge in [-0.15, -0.1) is 0 Å². The molecule has 2 amide bonds. The predicted octanol–water partition coefficient (Wildman–Crippen LogP) is 4.62. The van der Waals surface area contributed by atoms with Gasteiger partial charge in [-0.1, -0.05) is 45.0 Å². The minimum absolute atomic E-state index is 0. The summed E-state index contributed by atoms with van der Waals surface area (Å²) >= 11 is 5.97. The van der Waals surface area contributed by atoms with Gasteiger partial charge in [0.1, 0.15) is 6.04 Å². The highest BCUT2D eigenvalue weighted by Crippen LogP contribution is 2.32. The van der Waals surface area contributed by atoms with E-state index in [1.165, 1.54) is 5.56 Å². The third kappa shape index (κ3) is 5.97. The molecule has 1 saturated carbocycles. The van der Waals surface area contributed by atoms with E-state index in [1.807, 2.05) is 30.9 Å². The van der Waals surface area contributed by atoms with Crippen LogP contribution < -0.4 is 5.32 Å². The van der Waals surface area contributed by atoms with Gasteiger partial charge >= 0.3 is 0 Å². The van der Waals surface area contributed by atoms with Gasteiger partial charge in [0, 0.05) is 24.5 Å². The van der Waals surface area contributed by atoms with E-state index in [0.29, 0.717) is 18.3 Å². The Morgan fingerprint density at radius 2 is 1.70 bits per heavy atom. The van der Waals surface area contributed by atoms with Crippen molar-refractivity contribution in [2.45, 2.75) is 65.3 Å². The molecule has 1 aliphatic carbocycles. The zero-order valence-electron chi connectivity index (χ0n) is 15.7. The van der Waals surface area contributed by atoms with E-state index in [9.17, 15) is 9.59 Å². The molecule has 2 fully saturated rings. The van der Waals surface area contributed by atoms with Crippen molar-refractivity contribution < 1.29 is 9.59 Å². The highest BCUT2D eigenvalue weighted by atomic mass is 35.5. The summed E-state index contributed by atoms with van der Waals surface area (Å²) in [6, 6.07) is 7.62. The SMILES string of the molecule is C.CC(C)[C@@H](NC(=O)CC1CC1)C(=O)N1CCC(c2ccc(Cl)cc2)CC1. The second kappa shape index (κ2) is 9.59. The predicted molar refractivity (Wildman–Crippen MR) is 111 cm³/mol. The van der Waals surface area contributed by atoms with E-state index in [4.69, 9.17) is 11.6 Å². The molecule has 4 nitrogen and oxygen atoms in total. The maximum atomic E-state index is 13.0. The molecule has 27 heavy (non-hydrogen) atoms. The molecule has 1 saturated heterocycles. The highest BCUT2D eigenvalue weighted by Gasteiger charge is 2.33. The van der Waals surface area contributed by atoms with Crippen molar-refractivity contribution in [2.75, 3.05) is 13.1 Å². The molecule has 2 aliphatic rings. The summed E-state index contributed by atoms with van der Waals surface area (Å²) in [6.07, 6.45) is 4.76. The molecular weight excluding hydrogens is 360 g/mol. The summed E-state index contributed by atoms with van der Waals surface area (Å²) in [6.45, 7) is 5.49. The number of hydrogen-bond donors (Lipinski definition) is 1. The number of hydrogen-bond acceptors (Lipinski definition) is 2. The summed E-state index contributed by atoms with van der Waals surface area (Å²) < 4.78 is 0. The molecule has 0 aromatic heterocycles. The van der Waals surface area contributed by atoms with Crippen molar-refractivity contribution >= 4 is 23.4 Å². The number of carbonyl (C=O) groups is 2. The van der Waals surface area contributed by atoms with Crippen molar-refractivity contribution in [1.29, 1.82) is 0 Å². The van der Waals surface area contributed by atoms with Crippen LogP contribution in [0, 0.1) is 11.8 Å². The Morgan fingerprint density at radius 3 is 2.22 bits per heavy atom. The van der Waals surface area contributed by atoms with Crippen LogP contribution in [0.25, 0.3) is 0 Å². The molecule has 0 unspecified atom stereocenters. The Hall–Kier alpha value is -1.55. The summed E-state index contributed by atoms with van der Waals surface area (Å²) in [5, 5.41) is 3.74. The average Bonchev–Trinajstić information content (AvgIpc) is 3.43. The molecule has 0 spiro atoms. The summed E-state index contributed by atoms with van der Waals surface area (Å²) in [5.74, 6) is 1.19. The normalized spacial score (nSPS) is 18.7. The molecular formula is C22H33ClN2O2. The standard InChI is InChI=1S/C21H29ClN2O2.CH4/c1-14(2)20(23-19(25)13-15-3-4-15)21(26)24-11-9-17(10-12-24)16-5-7-18(22)8-6-16;/h5-8,14-15,17,20H,3-4,9-13H2,1-2H3,(H,23,25);1H4/t20-;/m1./s1. The van der Waals surface area contributed by atoms with Crippen LogP contribution in [0.3, 0.4) is 0 Å². The fourth-order valence-corrected chi connectivity index (χ4v) is 3.82. The van der Waals surface area contributed by atoms with Crippen LogP contribution in [-0.2, 0) is 9.59 Å². The van der Waals surface area contributed by atoms with Gasteiger partial charge in [-0.25, -0.2) is 0 Å². The number of amides is 2. The van der Waals surface area contributed by atoms with E-state index in [2.05, 4.69) is 17.4 Å². The van der Waals surface area contributed by atoms with Gasteiger partial charge in [-0.3, -0.25) is 9.59 Å². The van der Waals surface area contributed by atoms with Crippen molar-refractivity contribution in [3.63, 3.8) is 0 Å². The largest absolute Gasteiger partial charge is 0.344 e. The van der Waals surface area contributed by atoms with Gasteiger partial charge in [0.05, 0.1) is 0 Å². The zero-order chi connectivity index (χ0) is 18.7. The van der Waals surface area contributed by atoms with Gasteiger partial charge < -0.3 is 10.2 Å². The molecule has 1 aliphatic heterocycles. The smallest absolute Gasteiger partial charge is 0.245 e. The van der Waals surface area contributed by atoms with Crippen LogP contribution in [0.5, 0.6) is 0 Å². The van der Waals surface area contributed by atoms with E-state index in [0.717, 1.165) is 43.8 Å². The van der Waals surface area contributed by atoms with Crippen molar-refractivity contribution in [1.82, 2.24) is 10.2 Å². The molecule has 150 valence electrons. The van der Waals surface area contributed by atoms with Crippen LogP contribution in [0.1, 0.15) is 64.9 Å². The lowest BCUT2D eigenvalue weighted by atomic mass is 9.89. The number of halogens is 1. The van der Waals surface area contributed by atoms with E-state index in [1.54, 1.807) is 0 Å². The third-order valence-electron chi connectivity index (χ3n) is 5.57. The molecule has 1 heterocycles. The van der Waals surface area contributed by atoms with Gasteiger partial charge in [0.15, 0.2) is 0 Å². The Bertz CT molecular complexity index is 632. The highest BCUT2D eigenvalue weighted by molar-refractivity contribution is 6.30. The zero-order valence-corrected chi connectivity index (χ0v) is 16.5. The van der Waals surface area contributed by atoms with Gasteiger partial charge in [-0.2, -0.15) is 0 Å². The molecule has 1 aromatic carbocycles. The first kappa shape index (κ1) is 21.7. The van der Waals surface area contributed by atoms with Crippen LogP contribution in [-0.4, -0.2) is 35.8 Å². The summed E-state index contributed by atoms with van der Waals surface area (Å²) in [5.41, 5.74) is 1.29. The molecule has 1 N–H and O–H groups in total. The Morgan fingerprint density at radius 1 is 1.11 bits per heavy atom. The van der Waals surface area contributed by atoms with E-state index < -0.39 is 6.04 Å². The lowest BCUT2D eigenvalue weighted by Crippen LogP contribution is -2.52. The van der Waals surface area contributed by atoms with E-state index in [-0.39, 0.29) is 25.2 Å². The quantitative estimate of drug-likeness (QED) is 0.767. The summed E-state index contributed by atoms with van der Waals surface area (Å²) in [7, 11) is 0. The first-order valence-corrected chi connectivity index (χ1v) is 10.2. The van der Waals surface area contributed by atoms with Gasteiger partial charge in [0.25, 0.3) is 0 Å². The number of nitrogens with zero attached hydrogens (tertiary/aromatic N) is 1.